The first-order chi connectivity index (χ1) is 22.8. The van der Waals surface area contributed by atoms with E-state index in [2.05, 4.69) is 18.9 Å². The van der Waals surface area contributed by atoms with E-state index in [9.17, 15) is 37.1 Å². The molecule has 1 aromatic rings. The van der Waals surface area contributed by atoms with Crippen LogP contribution in [0.4, 0.5) is 17.6 Å². The number of ether oxygens (including phenoxy) is 1. The van der Waals surface area contributed by atoms with Gasteiger partial charge in [0.05, 0.1) is 30.8 Å². The molecule has 3 N–H and O–H groups in total. The molecule has 49 heavy (non-hydrogen) atoms. The number of hydrogen-bond donors (Lipinski definition) is 3. The monoisotopic (exact) mass is 719 g/mol. The number of aliphatic hydroxyl groups is 2. The van der Waals surface area contributed by atoms with Crippen molar-refractivity contribution in [1.29, 1.82) is 0 Å². The quantitative estimate of drug-likeness (QED) is 0.120. The molecule has 4 aliphatic rings. The number of fused-ring (bicyclic) bond motifs is 5. The number of benzene rings is 1. The first-order valence-corrected chi connectivity index (χ1v) is 19.4. The fraction of sp³-hybridized carbons (Fsp3) is 0.806. The SMILES string of the molecule is CC(C)OC(=O)[C@H](C)N[P@](=O)(OCC[C@@H](C)[C@H]1CCC2C3C(CC[C@@]21C)[C@@]1(C)CC[C@@H](O)CC1[C@@H](C(F)(F)F)[C@H]3O)Oc1ccc(F)cc1. The van der Waals surface area contributed by atoms with Crippen LogP contribution in [0.25, 0.3) is 0 Å². The van der Waals surface area contributed by atoms with Gasteiger partial charge in [-0.15, -0.1) is 0 Å². The van der Waals surface area contributed by atoms with Gasteiger partial charge in [-0.05, 0) is 143 Å². The van der Waals surface area contributed by atoms with E-state index in [1.54, 1.807) is 13.8 Å². The molecule has 1 aromatic carbocycles. The summed E-state index contributed by atoms with van der Waals surface area (Å²) in [6.45, 7) is 11.1. The Morgan fingerprint density at radius 1 is 0.980 bits per heavy atom. The lowest BCUT2D eigenvalue weighted by Crippen LogP contribution is -2.64. The van der Waals surface area contributed by atoms with Gasteiger partial charge in [0.1, 0.15) is 17.6 Å². The predicted octanol–water partition coefficient (Wildman–Crippen LogP) is 8.06. The maximum Gasteiger partial charge on any atom is 0.459 e. The van der Waals surface area contributed by atoms with Crippen LogP contribution in [0.5, 0.6) is 5.75 Å². The fourth-order valence-electron chi connectivity index (χ4n) is 10.6. The topological polar surface area (TPSA) is 114 Å². The Labute approximate surface area is 287 Å². The van der Waals surface area contributed by atoms with Gasteiger partial charge in [0.15, 0.2) is 0 Å². The molecular formula is C36H54F4NO7P. The van der Waals surface area contributed by atoms with Crippen molar-refractivity contribution >= 4 is 13.7 Å². The normalized spacial score (nSPS) is 38.5. The van der Waals surface area contributed by atoms with Crippen LogP contribution in [0.15, 0.2) is 24.3 Å². The lowest BCUT2D eigenvalue weighted by atomic mass is 9.41. The number of rotatable bonds is 11. The third-order valence-electron chi connectivity index (χ3n) is 12.8. The summed E-state index contributed by atoms with van der Waals surface area (Å²) in [5, 5.41) is 24.7. The molecule has 4 unspecified atom stereocenters. The van der Waals surface area contributed by atoms with E-state index in [-0.39, 0.29) is 47.9 Å². The van der Waals surface area contributed by atoms with E-state index in [1.165, 1.54) is 19.1 Å². The number of nitrogens with one attached hydrogen (secondary N) is 1. The van der Waals surface area contributed by atoms with Crippen molar-refractivity contribution < 1.29 is 50.9 Å². The summed E-state index contributed by atoms with van der Waals surface area (Å²) >= 11 is 0. The summed E-state index contributed by atoms with van der Waals surface area (Å²) < 4.78 is 88.3. The first kappa shape index (κ1) is 38.5. The van der Waals surface area contributed by atoms with Gasteiger partial charge < -0.3 is 19.5 Å². The van der Waals surface area contributed by atoms with Crippen molar-refractivity contribution in [3.63, 3.8) is 0 Å². The van der Waals surface area contributed by atoms with Gasteiger partial charge in [-0.3, -0.25) is 9.32 Å². The predicted molar refractivity (Wildman–Crippen MR) is 176 cm³/mol. The maximum absolute atomic E-state index is 14.7. The number of halogens is 4. The van der Waals surface area contributed by atoms with Crippen LogP contribution in [0.1, 0.15) is 92.9 Å². The molecule has 4 fully saturated rings. The highest BCUT2D eigenvalue weighted by Gasteiger charge is 2.69. The molecule has 0 amide bonds. The minimum atomic E-state index is -4.56. The molecule has 0 radical (unpaired) electrons. The van der Waals surface area contributed by atoms with Gasteiger partial charge in [0.25, 0.3) is 0 Å². The van der Waals surface area contributed by atoms with Gasteiger partial charge >= 0.3 is 19.9 Å². The highest BCUT2D eigenvalue weighted by atomic mass is 31.2. The number of alkyl halides is 3. The molecule has 0 bridgehead atoms. The smallest absolute Gasteiger partial charge is 0.459 e. The lowest BCUT2D eigenvalue weighted by Gasteiger charge is -2.64. The summed E-state index contributed by atoms with van der Waals surface area (Å²) in [4.78, 5) is 12.5. The number of carbonyl (C=O) groups excluding carboxylic acids is 1. The molecule has 13 atom stereocenters. The van der Waals surface area contributed by atoms with Gasteiger partial charge in [-0.1, -0.05) is 20.8 Å². The van der Waals surface area contributed by atoms with Gasteiger partial charge in [-0.2, -0.15) is 18.3 Å². The van der Waals surface area contributed by atoms with Crippen LogP contribution in [-0.2, 0) is 18.6 Å². The Bertz CT molecular complexity index is 1360. The minimum Gasteiger partial charge on any atom is -0.462 e. The molecule has 4 aliphatic carbocycles. The van der Waals surface area contributed by atoms with Crippen LogP contribution in [-0.4, -0.2) is 53.3 Å². The molecule has 0 aromatic heterocycles. The molecule has 4 saturated carbocycles. The average Bonchev–Trinajstić information content (AvgIpc) is 3.35. The molecule has 0 spiro atoms. The van der Waals surface area contributed by atoms with E-state index < -0.39 is 73.2 Å². The van der Waals surface area contributed by atoms with E-state index in [4.69, 9.17) is 13.8 Å². The van der Waals surface area contributed by atoms with E-state index in [0.717, 1.165) is 37.8 Å². The summed E-state index contributed by atoms with van der Waals surface area (Å²) in [5.41, 5.74) is -0.892. The minimum absolute atomic E-state index is 0.00272. The van der Waals surface area contributed by atoms with Gasteiger partial charge in [0, 0.05) is 0 Å². The molecule has 8 nitrogen and oxygen atoms in total. The number of hydrogen-bond acceptors (Lipinski definition) is 7. The van der Waals surface area contributed by atoms with Crippen molar-refractivity contribution in [2.24, 2.45) is 52.3 Å². The summed E-state index contributed by atoms with van der Waals surface area (Å²) in [6.07, 6.45) is -2.59. The van der Waals surface area contributed by atoms with Crippen molar-refractivity contribution in [2.45, 2.75) is 123 Å². The molecule has 5 rings (SSSR count). The summed E-state index contributed by atoms with van der Waals surface area (Å²) in [5.74, 6) is -4.13. The van der Waals surface area contributed by atoms with Gasteiger partial charge in [-0.25, -0.2) is 8.96 Å². The van der Waals surface area contributed by atoms with Crippen molar-refractivity contribution in [2.75, 3.05) is 6.61 Å². The Balaban J connectivity index is 1.30. The van der Waals surface area contributed by atoms with Crippen LogP contribution < -0.4 is 9.61 Å². The van der Waals surface area contributed by atoms with Crippen LogP contribution in [0.3, 0.4) is 0 Å². The summed E-state index contributed by atoms with van der Waals surface area (Å²) in [6, 6.07) is 3.89. The fourth-order valence-corrected chi connectivity index (χ4v) is 12.1. The van der Waals surface area contributed by atoms with Crippen molar-refractivity contribution in [3.8, 4) is 5.75 Å². The van der Waals surface area contributed by atoms with E-state index in [0.29, 0.717) is 19.3 Å². The Morgan fingerprint density at radius 3 is 2.24 bits per heavy atom. The van der Waals surface area contributed by atoms with Crippen LogP contribution >= 0.6 is 7.75 Å². The standard InChI is InChI=1S/C36H54F4NO7P/c1-20(2)47-33(44)22(4)41-49(45,48-25-9-7-23(37)8-10-25)46-18-15-21(3)26-11-12-27-30-28(14-17-34(26,27)5)35(6)16-13-24(42)19-29(35)31(32(30)43)36(38,39)40/h7-10,20-22,24,26-32,42-43H,11-19H2,1-6H3,(H,41,45)/t21-,22+,24-,26-,27?,28?,29?,30?,31-,32+,34-,35-,49+/m1/s1. The molecular weight excluding hydrogens is 665 g/mol. The molecule has 0 aliphatic heterocycles. The summed E-state index contributed by atoms with van der Waals surface area (Å²) in [7, 11) is -4.15. The van der Waals surface area contributed by atoms with Crippen molar-refractivity contribution in [1.82, 2.24) is 5.09 Å². The maximum atomic E-state index is 14.7. The first-order valence-electron chi connectivity index (χ1n) is 17.9. The second kappa shape index (κ2) is 14.4. The molecule has 278 valence electrons. The highest BCUT2D eigenvalue weighted by molar-refractivity contribution is 7.52. The second-order valence-corrected chi connectivity index (χ2v) is 17.8. The third-order valence-corrected chi connectivity index (χ3v) is 14.5. The van der Waals surface area contributed by atoms with E-state index in [1.807, 2.05) is 6.92 Å². The number of carbonyl (C=O) groups is 1. The molecule has 13 heteroatoms. The highest BCUT2D eigenvalue weighted by Crippen LogP contribution is 2.70. The van der Waals surface area contributed by atoms with Crippen LogP contribution in [0.2, 0.25) is 0 Å². The van der Waals surface area contributed by atoms with Crippen molar-refractivity contribution in [3.05, 3.63) is 30.1 Å². The Kier molecular flexibility index (Phi) is 11.3. The second-order valence-electron chi connectivity index (χ2n) is 16.1. The largest absolute Gasteiger partial charge is 0.462 e. The zero-order valence-electron chi connectivity index (χ0n) is 29.4. The van der Waals surface area contributed by atoms with Gasteiger partial charge in [0.2, 0.25) is 0 Å². The Hall–Kier alpha value is -1.72. The third kappa shape index (κ3) is 7.74. The zero-order chi connectivity index (χ0) is 36.1. The zero-order valence-corrected chi connectivity index (χ0v) is 30.3. The lowest BCUT2D eigenvalue weighted by molar-refractivity contribution is -0.289. The van der Waals surface area contributed by atoms with Crippen LogP contribution in [0, 0.1) is 58.1 Å². The average molecular weight is 720 g/mol. The number of esters is 1. The molecule has 0 saturated heterocycles. The van der Waals surface area contributed by atoms with E-state index >= 15 is 0 Å². The molecule has 0 heterocycles. The number of aliphatic hydroxyl groups excluding tert-OH is 2. The Morgan fingerprint density at radius 2 is 1.61 bits per heavy atom.